The Bertz CT molecular complexity index is 642. The number of ether oxygens (including phenoxy) is 1. The van der Waals surface area contributed by atoms with E-state index in [2.05, 4.69) is 0 Å². The highest BCUT2D eigenvalue weighted by Gasteiger charge is 2.42. The maximum absolute atomic E-state index is 12.8. The van der Waals surface area contributed by atoms with Crippen LogP contribution in [-0.2, 0) is 21.2 Å². The van der Waals surface area contributed by atoms with Gasteiger partial charge in [-0.25, -0.2) is 13.2 Å². The van der Waals surface area contributed by atoms with E-state index < -0.39 is 21.5 Å². The summed E-state index contributed by atoms with van der Waals surface area (Å²) in [7, 11) is -2.36. The van der Waals surface area contributed by atoms with Gasteiger partial charge >= 0.3 is 5.97 Å². The van der Waals surface area contributed by atoms with E-state index in [1.165, 1.54) is 11.4 Å². The molecule has 21 heavy (non-hydrogen) atoms. The number of likely N-dealkylation sites (N-methyl/N-ethyl adjacent to an activating group) is 1. The number of aromatic carboxylic acids is 1. The third-order valence-corrected chi connectivity index (χ3v) is 5.96. The van der Waals surface area contributed by atoms with Crippen LogP contribution in [0.25, 0.3) is 0 Å². The maximum atomic E-state index is 12.8. The van der Waals surface area contributed by atoms with Crippen LogP contribution in [-0.4, -0.2) is 49.6 Å². The van der Waals surface area contributed by atoms with E-state index in [0.29, 0.717) is 26.1 Å². The molecule has 1 aromatic heterocycles. The van der Waals surface area contributed by atoms with Gasteiger partial charge in [0.15, 0.2) is 0 Å². The second-order valence-corrected chi connectivity index (χ2v) is 7.27. The molecule has 0 amide bonds. The van der Waals surface area contributed by atoms with Crippen LogP contribution >= 0.6 is 0 Å². The topological polar surface area (TPSA) is 97.0 Å². The Morgan fingerprint density at radius 2 is 2.19 bits per heavy atom. The molecule has 2 rings (SSSR count). The third kappa shape index (κ3) is 2.70. The zero-order valence-electron chi connectivity index (χ0n) is 12.2. The minimum absolute atomic E-state index is 0.0852. The maximum Gasteiger partial charge on any atom is 0.371 e. The Morgan fingerprint density at radius 1 is 1.52 bits per heavy atom. The molecule has 0 spiro atoms. The van der Waals surface area contributed by atoms with Crippen molar-refractivity contribution in [3.63, 3.8) is 0 Å². The summed E-state index contributed by atoms with van der Waals surface area (Å²) in [5, 5.41) is 8.96. The molecule has 7 nitrogen and oxygen atoms in total. The minimum Gasteiger partial charge on any atom is -0.475 e. The minimum atomic E-state index is -3.84. The molecule has 2 heterocycles. The molecule has 1 unspecified atom stereocenters. The van der Waals surface area contributed by atoms with Gasteiger partial charge in [0.1, 0.15) is 10.7 Å². The van der Waals surface area contributed by atoms with Crippen molar-refractivity contribution in [1.29, 1.82) is 0 Å². The molecule has 0 saturated carbocycles. The number of furan rings is 1. The number of hydrogen-bond acceptors (Lipinski definition) is 5. The fraction of sp³-hybridized carbons (Fsp3) is 0.615. The Hall–Kier alpha value is -1.38. The van der Waals surface area contributed by atoms with Crippen LogP contribution in [0.3, 0.4) is 0 Å². The van der Waals surface area contributed by atoms with Gasteiger partial charge in [0.25, 0.3) is 0 Å². The standard InChI is InChI=1S/C13H19NO6S/c1-4-9-11(7-10(20-9)12(15)16)21(17,18)14(3)13(2)5-6-19-8-13/h7H,4-6,8H2,1-3H3,(H,15,16). The lowest BCUT2D eigenvalue weighted by Gasteiger charge is -2.32. The number of rotatable bonds is 5. The largest absolute Gasteiger partial charge is 0.475 e. The van der Waals surface area contributed by atoms with Crippen molar-refractivity contribution >= 4 is 16.0 Å². The highest BCUT2D eigenvalue weighted by molar-refractivity contribution is 7.89. The Labute approximate surface area is 123 Å². The molecule has 0 bridgehead atoms. The summed E-state index contributed by atoms with van der Waals surface area (Å²) in [6.07, 6.45) is 0.886. The van der Waals surface area contributed by atoms with E-state index >= 15 is 0 Å². The number of nitrogens with zero attached hydrogens (tertiary/aromatic N) is 1. The summed E-state index contributed by atoms with van der Waals surface area (Å²) >= 11 is 0. The number of sulfonamides is 1. The molecule has 1 N–H and O–H groups in total. The molecule has 0 aromatic carbocycles. The summed E-state index contributed by atoms with van der Waals surface area (Å²) in [6.45, 7) is 4.34. The number of carboxylic acid groups (broad SMARTS) is 1. The molecule has 1 aromatic rings. The Balaban J connectivity index is 2.46. The molecule has 1 fully saturated rings. The molecule has 0 radical (unpaired) electrons. The van der Waals surface area contributed by atoms with E-state index in [9.17, 15) is 13.2 Å². The first-order valence-electron chi connectivity index (χ1n) is 6.65. The summed E-state index contributed by atoms with van der Waals surface area (Å²) in [6, 6.07) is 1.08. The van der Waals surface area contributed by atoms with Crippen molar-refractivity contribution in [2.24, 2.45) is 0 Å². The first kappa shape index (κ1) is 16.0. The molecular formula is C13H19NO6S. The monoisotopic (exact) mass is 317 g/mol. The van der Waals surface area contributed by atoms with Gasteiger partial charge in [-0.3, -0.25) is 0 Å². The van der Waals surface area contributed by atoms with Crippen LogP contribution in [0.4, 0.5) is 0 Å². The van der Waals surface area contributed by atoms with Gasteiger partial charge in [0.2, 0.25) is 15.8 Å². The molecular weight excluding hydrogens is 298 g/mol. The van der Waals surface area contributed by atoms with Crippen molar-refractivity contribution in [3.05, 3.63) is 17.6 Å². The second-order valence-electron chi connectivity index (χ2n) is 5.33. The fourth-order valence-corrected chi connectivity index (χ4v) is 4.07. The van der Waals surface area contributed by atoms with Crippen molar-refractivity contribution in [2.45, 2.75) is 37.1 Å². The Morgan fingerprint density at radius 3 is 2.67 bits per heavy atom. The molecule has 0 aliphatic carbocycles. The SMILES string of the molecule is CCc1oc(C(=O)O)cc1S(=O)(=O)N(C)C1(C)CCOC1. The lowest BCUT2D eigenvalue weighted by atomic mass is 10.0. The number of carboxylic acids is 1. The smallest absolute Gasteiger partial charge is 0.371 e. The molecule has 8 heteroatoms. The summed E-state index contributed by atoms with van der Waals surface area (Å²) in [5.74, 6) is -1.50. The van der Waals surface area contributed by atoms with Crippen molar-refractivity contribution in [1.82, 2.24) is 4.31 Å². The first-order valence-corrected chi connectivity index (χ1v) is 8.09. The molecule has 1 atom stereocenters. The van der Waals surface area contributed by atoms with E-state index in [4.69, 9.17) is 14.3 Å². The van der Waals surface area contributed by atoms with E-state index in [1.807, 2.05) is 0 Å². The average Bonchev–Trinajstić information content (AvgIpc) is 3.04. The normalized spacial score (nSPS) is 22.9. The number of carbonyl (C=O) groups is 1. The van der Waals surface area contributed by atoms with Crippen molar-refractivity contribution in [2.75, 3.05) is 20.3 Å². The first-order chi connectivity index (χ1) is 9.72. The molecule has 118 valence electrons. The van der Waals surface area contributed by atoms with Crippen molar-refractivity contribution < 1.29 is 27.5 Å². The van der Waals surface area contributed by atoms with Gasteiger partial charge in [-0.2, -0.15) is 4.31 Å². The lowest BCUT2D eigenvalue weighted by molar-refractivity contribution is 0.0660. The molecule has 1 saturated heterocycles. The highest BCUT2D eigenvalue weighted by Crippen LogP contribution is 2.32. The van der Waals surface area contributed by atoms with Gasteiger partial charge in [-0.1, -0.05) is 6.92 Å². The zero-order valence-corrected chi connectivity index (χ0v) is 13.1. The van der Waals surface area contributed by atoms with Crippen LogP contribution in [0.5, 0.6) is 0 Å². The summed E-state index contributed by atoms with van der Waals surface area (Å²) in [4.78, 5) is 10.9. The van der Waals surface area contributed by atoms with E-state index in [1.54, 1.807) is 13.8 Å². The van der Waals surface area contributed by atoms with Gasteiger partial charge in [0, 0.05) is 26.1 Å². The van der Waals surface area contributed by atoms with Gasteiger partial charge in [-0.05, 0) is 13.3 Å². The average molecular weight is 317 g/mol. The summed E-state index contributed by atoms with van der Waals surface area (Å²) in [5.41, 5.74) is -0.634. The highest BCUT2D eigenvalue weighted by atomic mass is 32.2. The van der Waals surface area contributed by atoms with Gasteiger partial charge in [-0.15, -0.1) is 0 Å². The van der Waals surface area contributed by atoms with E-state index in [-0.39, 0.29) is 16.4 Å². The van der Waals surface area contributed by atoms with Crippen molar-refractivity contribution in [3.8, 4) is 0 Å². The van der Waals surface area contributed by atoms with Crippen LogP contribution < -0.4 is 0 Å². The number of hydrogen-bond donors (Lipinski definition) is 1. The quantitative estimate of drug-likeness (QED) is 0.880. The zero-order chi connectivity index (χ0) is 15.8. The van der Waals surface area contributed by atoms with Gasteiger partial charge in [0.05, 0.1) is 12.1 Å². The van der Waals surface area contributed by atoms with Crippen LogP contribution in [0, 0.1) is 0 Å². The third-order valence-electron chi connectivity index (χ3n) is 3.90. The molecule has 1 aliphatic heterocycles. The second kappa shape index (κ2) is 5.43. The Kier molecular flexibility index (Phi) is 4.14. The van der Waals surface area contributed by atoms with Crippen LogP contribution in [0.15, 0.2) is 15.4 Å². The number of aryl methyl sites for hydroxylation is 1. The predicted octanol–water partition coefficient (Wildman–Crippen LogP) is 1.34. The van der Waals surface area contributed by atoms with Gasteiger partial charge < -0.3 is 14.3 Å². The van der Waals surface area contributed by atoms with Crippen LogP contribution in [0.2, 0.25) is 0 Å². The predicted molar refractivity (Wildman–Crippen MR) is 73.8 cm³/mol. The fourth-order valence-electron chi connectivity index (χ4n) is 2.32. The summed E-state index contributed by atoms with van der Waals surface area (Å²) < 4.78 is 37.2. The lowest BCUT2D eigenvalue weighted by Crippen LogP contribution is -2.47. The van der Waals surface area contributed by atoms with Crippen LogP contribution in [0.1, 0.15) is 36.6 Å². The molecule has 1 aliphatic rings. The van der Waals surface area contributed by atoms with E-state index in [0.717, 1.165) is 6.07 Å².